The summed E-state index contributed by atoms with van der Waals surface area (Å²) in [4.78, 5) is 23.5. The van der Waals surface area contributed by atoms with E-state index in [9.17, 15) is 9.18 Å². The van der Waals surface area contributed by atoms with Crippen molar-refractivity contribution < 1.29 is 18.7 Å². The number of hydrogen-bond acceptors (Lipinski definition) is 7. The summed E-state index contributed by atoms with van der Waals surface area (Å²) in [6, 6.07) is 1.08. The fourth-order valence-corrected chi connectivity index (χ4v) is 3.54. The highest BCUT2D eigenvalue weighted by Crippen LogP contribution is 2.35. The number of halogens is 1. The summed E-state index contributed by atoms with van der Waals surface area (Å²) in [6.07, 6.45) is 4.31. The number of rotatable bonds is 0. The van der Waals surface area contributed by atoms with Gasteiger partial charge in [-0.05, 0) is 19.9 Å². The molecule has 5 heterocycles. The number of nitrogens with one attached hydrogen (secondary N) is 1. The molecule has 0 saturated heterocycles. The Kier molecular flexibility index (Phi) is 4.00. The summed E-state index contributed by atoms with van der Waals surface area (Å²) in [5.74, 6) is 0.692. The third-order valence-corrected chi connectivity index (χ3v) is 5.05. The summed E-state index contributed by atoms with van der Waals surface area (Å²) in [7, 11) is 0. The van der Waals surface area contributed by atoms with E-state index in [4.69, 9.17) is 14.5 Å². The first-order chi connectivity index (χ1) is 14.0. The van der Waals surface area contributed by atoms with E-state index >= 15 is 0 Å². The molecule has 5 rings (SSSR count). The number of anilines is 1. The van der Waals surface area contributed by atoms with E-state index in [-0.39, 0.29) is 24.6 Å². The zero-order chi connectivity index (χ0) is 20.1. The molecule has 0 radical (unpaired) electrons. The lowest BCUT2D eigenvalue weighted by molar-refractivity contribution is 0.0927. The summed E-state index contributed by atoms with van der Waals surface area (Å²) < 4.78 is 27.1. The van der Waals surface area contributed by atoms with Gasteiger partial charge in [0.2, 0.25) is 5.88 Å². The van der Waals surface area contributed by atoms with Crippen molar-refractivity contribution in [3.63, 3.8) is 0 Å². The molecule has 2 aliphatic rings. The van der Waals surface area contributed by atoms with Crippen LogP contribution in [-0.4, -0.2) is 50.8 Å². The fourth-order valence-electron chi connectivity index (χ4n) is 3.54. The number of amides is 1. The van der Waals surface area contributed by atoms with Crippen molar-refractivity contribution in [3.8, 4) is 11.6 Å². The Balaban J connectivity index is 1.70. The minimum Gasteiger partial charge on any atom is -0.486 e. The predicted octanol–water partition coefficient (Wildman–Crippen LogP) is 1.56. The molecule has 0 aromatic carbocycles. The lowest BCUT2D eigenvalue weighted by Crippen LogP contribution is -2.41. The Morgan fingerprint density at radius 3 is 2.97 bits per heavy atom. The van der Waals surface area contributed by atoms with Crippen LogP contribution in [-0.2, 0) is 6.54 Å². The number of aromatic nitrogens is 4. The molecule has 0 fully saturated rings. The van der Waals surface area contributed by atoms with Crippen LogP contribution in [0.15, 0.2) is 24.7 Å². The number of pyridine rings is 1. The summed E-state index contributed by atoms with van der Waals surface area (Å²) in [5, 5.41) is 7.11. The van der Waals surface area contributed by atoms with Crippen LogP contribution >= 0.6 is 0 Å². The third-order valence-electron chi connectivity index (χ3n) is 5.05. The molecule has 0 aliphatic carbocycles. The molecule has 29 heavy (non-hydrogen) atoms. The van der Waals surface area contributed by atoms with E-state index in [0.717, 1.165) is 6.20 Å². The summed E-state index contributed by atoms with van der Waals surface area (Å²) >= 11 is 0. The largest absolute Gasteiger partial charge is 0.486 e. The van der Waals surface area contributed by atoms with Crippen molar-refractivity contribution in [2.24, 2.45) is 0 Å². The number of carbonyl (C=O) groups is 1. The van der Waals surface area contributed by atoms with E-state index in [1.807, 2.05) is 18.7 Å². The highest BCUT2D eigenvalue weighted by molar-refractivity contribution is 6.00. The molecule has 3 aromatic heterocycles. The maximum absolute atomic E-state index is 13.9. The van der Waals surface area contributed by atoms with Crippen molar-refractivity contribution >= 4 is 17.4 Å². The monoisotopic (exact) mass is 398 g/mol. The molecule has 9 nitrogen and oxygen atoms in total. The molecule has 1 N–H and O–H groups in total. The number of nitrogens with zero attached hydrogens (tertiary/aromatic N) is 5. The number of carbonyl (C=O) groups excluding carboxylic acids is 1. The van der Waals surface area contributed by atoms with Gasteiger partial charge in [-0.2, -0.15) is 5.10 Å². The van der Waals surface area contributed by atoms with Crippen LogP contribution in [0.25, 0.3) is 5.65 Å². The highest BCUT2D eigenvalue weighted by Gasteiger charge is 2.30. The second-order valence-electron chi connectivity index (χ2n) is 7.35. The van der Waals surface area contributed by atoms with Gasteiger partial charge in [-0.15, -0.1) is 0 Å². The summed E-state index contributed by atoms with van der Waals surface area (Å²) in [6.45, 7) is 4.77. The Bertz CT molecular complexity index is 1120. The molecule has 150 valence electrons. The Morgan fingerprint density at radius 1 is 1.24 bits per heavy atom. The average molecular weight is 398 g/mol. The zero-order valence-corrected chi connectivity index (χ0v) is 15.9. The Hall–Kier alpha value is -3.43. The lowest BCUT2D eigenvalue weighted by atomic mass is 10.2. The van der Waals surface area contributed by atoms with Crippen molar-refractivity contribution in [2.45, 2.75) is 32.5 Å². The summed E-state index contributed by atoms with van der Waals surface area (Å²) in [5.41, 5.74) is 1.38. The normalized spacial score (nSPS) is 21.3. The van der Waals surface area contributed by atoms with Crippen molar-refractivity contribution in [1.29, 1.82) is 0 Å². The van der Waals surface area contributed by atoms with E-state index in [1.165, 1.54) is 16.8 Å². The smallest absolute Gasteiger partial charge is 0.257 e. The van der Waals surface area contributed by atoms with Gasteiger partial charge in [-0.25, -0.2) is 18.9 Å². The standard InChI is InChI=1S/C19H19FN6O3/c1-10-8-29-19-12(3-13(20)4-21-19)6-25-11(2)9-28-15-7-26-16(24-17(15)25)14(5-22-26)18(27)23-10/h3-5,7,10-11H,6,8-9H2,1-2H3,(H,23,27)/t10-,11+/m0/s1. The molecule has 2 aliphatic heterocycles. The van der Waals surface area contributed by atoms with Crippen LogP contribution in [0.3, 0.4) is 0 Å². The van der Waals surface area contributed by atoms with Crippen molar-refractivity contribution in [1.82, 2.24) is 24.9 Å². The van der Waals surface area contributed by atoms with Crippen molar-refractivity contribution in [2.75, 3.05) is 18.1 Å². The van der Waals surface area contributed by atoms with Gasteiger partial charge in [0.15, 0.2) is 17.2 Å². The van der Waals surface area contributed by atoms with Crippen LogP contribution < -0.4 is 19.7 Å². The molecule has 0 unspecified atom stereocenters. The maximum atomic E-state index is 13.9. The molecule has 0 spiro atoms. The lowest BCUT2D eigenvalue weighted by Gasteiger charge is -2.35. The second kappa shape index (κ2) is 6.57. The fraction of sp³-hybridized carbons (Fsp3) is 0.368. The van der Waals surface area contributed by atoms with Crippen LogP contribution in [0.1, 0.15) is 29.8 Å². The highest BCUT2D eigenvalue weighted by atomic mass is 19.1. The van der Waals surface area contributed by atoms with E-state index < -0.39 is 5.82 Å². The van der Waals surface area contributed by atoms with Crippen LogP contribution in [0, 0.1) is 5.82 Å². The minimum atomic E-state index is -0.444. The SMILES string of the molecule is C[C@@H]1COc2cn3ncc4c3nc2N1Cc1cc(F)cnc1OC[C@H](C)NC4=O. The molecule has 10 heteroatoms. The van der Waals surface area contributed by atoms with Crippen LogP contribution in [0.5, 0.6) is 11.6 Å². The first-order valence-corrected chi connectivity index (χ1v) is 9.35. The second-order valence-corrected chi connectivity index (χ2v) is 7.35. The number of hydrogen-bond donors (Lipinski definition) is 1. The molecule has 3 aromatic rings. The quantitative estimate of drug-likeness (QED) is 0.614. The Labute approximate surface area is 165 Å². The first kappa shape index (κ1) is 17.7. The molecule has 0 saturated carbocycles. The molecular weight excluding hydrogens is 379 g/mol. The van der Waals surface area contributed by atoms with Gasteiger partial charge < -0.3 is 19.7 Å². The zero-order valence-electron chi connectivity index (χ0n) is 15.9. The van der Waals surface area contributed by atoms with Crippen molar-refractivity contribution in [3.05, 3.63) is 41.6 Å². The Morgan fingerprint density at radius 2 is 2.10 bits per heavy atom. The van der Waals surface area contributed by atoms with Gasteiger partial charge in [0.1, 0.15) is 24.6 Å². The van der Waals surface area contributed by atoms with Gasteiger partial charge in [0.05, 0.1) is 37.2 Å². The van der Waals surface area contributed by atoms with Gasteiger partial charge in [-0.1, -0.05) is 0 Å². The van der Waals surface area contributed by atoms with Crippen LogP contribution in [0.4, 0.5) is 10.2 Å². The maximum Gasteiger partial charge on any atom is 0.257 e. The van der Waals surface area contributed by atoms with Crippen LogP contribution in [0.2, 0.25) is 0 Å². The predicted molar refractivity (Wildman–Crippen MR) is 101 cm³/mol. The van der Waals surface area contributed by atoms with Gasteiger partial charge in [0, 0.05) is 5.56 Å². The topological polar surface area (TPSA) is 93.9 Å². The first-order valence-electron chi connectivity index (χ1n) is 9.35. The van der Waals surface area contributed by atoms with Gasteiger partial charge in [-0.3, -0.25) is 4.79 Å². The third kappa shape index (κ3) is 3.00. The molecule has 1 amide bonds. The van der Waals surface area contributed by atoms with E-state index in [2.05, 4.69) is 15.4 Å². The van der Waals surface area contributed by atoms with Gasteiger partial charge >= 0.3 is 0 Å². The minimum absolute atomic E-state index is 0.0298. The van der Waals surface area contributed by atoms with Gasteiger partial charge in [0.25, 0.3) is 5.91 Å². The number of fused-ring (bicyclic) bond motifs is 1. The number of ether oxygens (including phenoxy) is 2. The van der Waals surface area contributed by atoms with E-state index in [1.54, 1.807) is 6.20 Å². The van der Waals surface area contributed by atoms with E-state index in [0.29, 0.717) is 47.4 Å². The average Bonchev–Trinajstić information content (AvgIpc) is 3.10. The molecule has 2 bridgehead atoms. The molecule has 2 atom stereocenters. The molecular formula is C19H19FN6O3.